The first-order valence-electron chi connectivity index (χ1n) is 9.20. The molecule has 9 heteroatoms. The molecular formula is C20H18N6OS2. The molecule has 146 valence electrons. The zero-order valence-electron chi connectivity index (χ0n) is 15.9. The second kappa shape index (κ2) is 7.31. The van der Waals surface area contributed by atoms with Crippen LogP contribution in [0.15, 0.2) is 57.8 Å². The number of benzene rings is 1. The molecule has 7 nitrogen and oxygen atoms in total. The van der Waals surface area contributed by atoms with Crippen molar-refractivity contribution in [2.75, 3.05) is 11.5 Å². The van der Waals surface area contributed by atoms with E-state index in [1.807, 2.05) is 37.3 Å². The van der Waals surface area contributed by atoms with Crippen molar-refractivity contribution >= 4 is 34.4 Å². The van der Waals surface area contributed by atoms with Gasteiger partial charge in [-0.3, -0.25) is 18.9 Å². The van der Waals surface area contributed by atoms with Crippen LogP contribution < -0.4 is 5.56 Å². The predicted octanol–water partition coefficient (Wildman–Crippen LogP) is 3.33. The van der Waals surface area contributed by atoms with Gasteiger partial charge in [0.2, 0.25) is 0 Å². The Hall–Kier alpha value is -2.65. The lowest BCUT2D eigenvalue weighted by molar-refractivity contribution is 0.595. The van der Waals surface area contributed by atoms with Gasteiger partial charge in [0.1, 0.15) is 0 Å². The van der Waals surface area contributed by atoms with Gasteiger partial charge in [-0.15, -0.1) is 10.2 Å². The van der Waals surface area contributed by atoms with Crippen LogP contribution in [0.4, 0.5) is 0 Å². The third-order valence-corrected chi connectivity index (χ3v) is 7.21. The van der Waals surface area contributed by atoms with Gasteiger partial charge in [-0.05, 0) is 31.2 Å². The minimum Gasteiger partial charge on any atom is -0.297 e. The first-order chi connectivity index (χ1) is 14.1. The molecule has 0 N–H and O–H groups in total. The Balaban J connectivity index is 1.45. The summed E-state index contributed by atoms with van der Waals surface area (Å²) in [6.45, 7) is 1.98. The number of thioether (sulfide) groups is 2. The Labute approximate surface area is 175 Å². The zero-order chi connectivity index (χ0) is 20.0. The van der Waals surface area contributed by atoms with Crippen molar-refractivity contribution in [3.63, 3.8) is 0 Å². The molecule has 4 aromatic rings. The van der Waals surface area contributed by atoms with E-state index in [0.717, 1.165) is 44.3 Å². The van der Waals surface area contributed by atoms with Crippen LogP contribution >= 0.6 is 23.5 Å². The molecule has 1 aromatic carbocycles. The largest absolute Gasteiger partial charge is 0.297 e. The van der Waals surface area contributed by atoms with E-state index in [-0.39, 0.29) is 11.6 Å². The van der Waals surface area contributed by atoms with E-state index in [4.69, 9.17) is 4.98 Å². The van der Waals surface area contributed by atoms with E-state index in [2.05, 4.69) is 19.7 Å². The summed E-state index contributed by atoms with van der Waals surface area (Å²) in [5.41, 5.74) is 2.74. The van der Waals surface area contributed by atoms with E-state index in [9.17, 15) is 4.79 Å². The van der Waals surface area contributed by atoms with Crippen LogP contribution in [-0.4, -0.2) is 40.8 Å². The van der Waals surface area contributed by atoms with Crippen LogP contribution in [0, 0.1) is 6.92 Å². The summed E-state index contributed by atoms with van der Waals surface area (Å²) < 4.78 is 3.82. The van der Waals surface area contributed by atoms with E-state index in [0.29, 0.717) is 5.39 Å². The Bertz CT molecular complexity index is 1270. The van der Waals surface area contributed by atoms with Crippen molar-refractivity contribution in [3.8, 4) is 11.4 Å². The maximum absolute atomic E-state index is 12.8. The molecule has 1 aliphatic rings. The molecule has 0 amide bonds. The summed E-state index contributed by atoms with van der Waals surface area (Å²) in [6.07, 6.45) is 3.56. The third kappa shape index (κ3) is 3.24. The van der Waals surface area contributed by atoms with Crippen LogP contribution in [0.25, 0.3) is 22.3 Å². The normalized spacial score (nSPS) is 15.7. The van der Waals surface area contributed by atoms with Crippen molar-refractivity contribution in [2.24, 2.45) is 7.05 Å². The molecule has 4 heterocycles. The Morgan fingerprint density at radius 3 is 3.00 bits per heavy atom. The minimum atomic E-state index is -0.0111. The van der Waals surface area contributed by atoms with Gasteiger partial charge in [0.25, 0.3) is 5.56 Å². The molecule has 3 aromatic heterocycles. The van der Waals surface area contributed by atoms with Gasteiger partial charge < -0.3 is 0 Å². The van der Waals surface area contributed by atoms with Crippen molar-refractivity contribution in [1.82, 2.24) is 29.3 Å². The maximum atomic E-state index is 12.8. The molecule has 0 fully saturated rings. The van der Waals surface area contributed by atoms with Crippen molar-refractivity contribution in [1.29, 1.82) is 0 Å². The quantitative estimate of drug-likeness (QED) is 0.369. The van der Waals surface area contributed by atoms with Gasteiger partial charge in [0.15, 0.2) is 16.1 Å². The first-order valence-corrected chi connectivity index (χ1v) is 11.2. The average molecular weight is 423 g/mol. The molecule has 5 rings (SSSR count). The molecular weight excluding hydrogens is 404 g/mol. The summed E-state index contributed by atoms with van der Waals surface area (Å²) in [4.78, 5) is 21.7. The predicted molar refractivity (Wildman–Crippen MR) is 115 cm³/mol. The zero-order valence-corrected chi connectivity index (χ0v) is 17.6. The number of fused-ring (bicyclic) bond motifs is 2. The molecule has 1 aliphatic heterocycles. The van der Waals surface area contributed by atoms with Crippen LogP contribution in [0.1, 0.15) is 11.6 Å². The van der Waals surface area contributed by atoms with Gasteiger partial charge in [-0.1, -0.05) is 35.2 Å². The standard InChI is InChI=1S/C20H18N6OS2/c1-12-5-6-16-15(8-12)18(27)25(2)19(22-16)28-10-14-11-29-20-24-23-17(26(14)20)13-4-3-7-21-9-13/h3-9,14H,10-11H2,1-2H3. The number of rotatable bonds is 4. The molecule has 1 atom stereocenters. The molecule has 0 radical (unpaired) electrons. The third-order valence-electron chi connectivity index (χ3n) is 4.95. The second-order valence-electron chi connectivity index (χ2n) is 6.97. The molecule has 0 bridgehead atoms. The van der Waals surface area contributed by atoms with E-state index < -0.39 is 0 Å². The Morgan fingerprint density at radius 2 is 2.17 bits per heavy atom. The molecule has 0 saturated heterocycles. The lowest BCUT2D eigenvalue weighted by atomic mass is 10.2. The van der Waals surface area contributed by atoms with Gasteiger partial charge >= 0.3 is 0 Å². The van der Waals surface area contributed by atoms with Crippen molar-refractivity contribution in [2.45, 2.75) is 23.3 Å². The number of aryl methyl sites for hydroxylation is 1. The highest BCUT2D eigenvalue weighted by Gasteiger charge is 2.29. The highest BCUT2D eigenvalue weighted by atomic mass is 32.2. The van der Waals surface area contributed by atoms with Crippen LogP contribution in [-0.2, 0) is 7.05 Å². The summed E-state index contributed by atoms with van der Waals surface area (Å²) in [6, 6.07) is 9.92. The molecule has 0 spiro atoms. The number of aromatic nitrogens is 6. The number of nitrogens with zero attached hydrogens (tertiary/aromatic N) is 6. The lowest BCUT2D eigenvalue weighted by Gasteiger charge is -2.15. The SMILES string of the molecule is Cc1ccc2nc(SCC3CSc4nnc(-c5cccnc5)n43)n(C)c(=O)c2c1. The molecule has 29 heavy (non-hydrogen) atoms. The average Bonchev–Trinajstić information content (AvgIpc) is 3.33. The molecule has 1 unspecified atom stereocenters. The Kier molecular flexibility index (Phi) is 4.63. The smallest absolute Gasteiger partial charge is 0.261 e. The van der Waals surface area contributed by atoms with Crippen molar-refractivity contribution < 1.29 is 0 Å². The van der Waals surface area contributed by atoms with Crippen molar-refractivity contribution in [3.05, 3.63) is 58.6 Å². The fourth-order valence-electron chi connectivity index (χ4n) is 3.43. The molecule has 0 aliphatic carbocycles. The summed E-state index contributed by atoms with van der Waals surface area (Å²) >= 11 is 3.30. The van der Waals surface area contributed by atoms with Gasteiger partial charge in [-0.2, -0.15) is 0 Å². The lowest BCUT2D eigenvalue weighted by Crippen LogP contribution is -2.21. The highest BCUT2D eigenvalue weighted by Crippen LogP contribution is 2.38. The number of hydrogen-bond donors (Lipinski definition) is 0. The van der Waals surface area contributed by atoms with Crippen LogP contribution in [0.2, 0.25) is 0 Å². The monoisotopic (exact) mass is 422 g/mol. The number of pyridine rings is 1. The first kappa shape index (κ1) is 18.4. The number of hydrogen-bond acceptors (Lipinski definition) is 7. The van der Waals surface area contributed by atoms with E-state index in [1.165, 1.54) is 0 Å². The fourth-order valence-corrected chi connectivity index (χ4v) is 5.71. The van der Waals surface area contributed by atoms with Gasteiger partial charge in [0, 0.05) is 36.5 Å². The van der Waals surface area contributed by atoms with Gasteiger partial charge in [-0.25, -0.2) is 4.98 Å². The minimum absolute atomic E-state index is 0.0111. The highest BCUT2D eigenvalue weighted by molar-refractivity contribution is 8.00. The maximum Gasteiger partial charge on any atom is 0.261 e. The summed E-state index contributed by atoms with van der Waals surface area (Å²) in [5.74, 6) is 2.54. The van der Waals surface area contributed by atoms with Gasteiger partial charge in [0.05, 0.1) is 16.9 Å². The topological polar surface area (TPSA) is 78.5 Å². The summed E-state index contributed by atoms with van der Waals surface area (Å²) in [5, 5.41) is 11.0. The van der Waals surface area contributed by atoms with E-state index in [1.54, 1.807) is 47.5 Å². The molecule has 0 saturated carbocycles. The fraction of sp³-hybridized carbons (Fsp3) is 0.250. The Morgan fingerprint density at radius 1 is 1.28 bits per heavy atom. The van der Waals surface area contributed by atoms with E-state index >= 15 is 0 Å². The summed E-state index contributed by atoms with van der Waals surface area (Å²) in [7, 11) is 1.79. The van der Waals surface area contributed by atoms with Crippen LogP contribution in [0.3, 0.4) is 0 Å². The second-order valence-corrected chi connectivity index (χ2v) is 8.95. The van der Waals surface area contributed by atoms with Crippen LogP contribution in [0.5, 0.6) is 0 Å².